The zero-order valence-electron chi connectivity index (χ0n) is 6.17. The van der Waals surface area contributed by atoms with Gasteiger partial charge in [-0.05, 0) is 6.07 Å². The predicted molar refractivity (Wildman–Crippen MR) is 36.2 cm³/mol. The van der Waals surface area contributed by atoms with Crippen LogP contribution in [0.3, 0.4) is 0 Å². The van der Waals surface area contributed by atoms with Gasteiger partial charge in [0.15, 0.2) is 12.0 Å². The smallest absolute Gasteiger partial charge is 0.281 e. The van der Waals surface area contributed by atoms with Crippen LogP contribution in [0.2, 0.25) is 0 Å². The van der Waals surface area contributed by atoms with Crippen molar-refractivity contribution in [2.24, 2.45) is 0 Å². The van der Waals surface area contributed by atoms with Crippen molar-refractivity contribution in [3.63, 3.8) is 0 Å². The Morgan fingerprint density at radius 1 is 1.54 bits per heavy atom. The first-order chi connectivity index (χ1) is 6.06. The number of nitrogens with zero attached hydrogens (tertiary/aromatic N) is 1. The molecule has 0 bridgehead atoms. The molecule has 0 aromatic carbocycles. The number of hydrogen-bond acceptors (Lipinski definition) is 3. The van der Waals surface area contributed by atoms with E-state index in [1.807, 2.05) is 0 Å². The first-order valence-electron chi connectivity index (χ1n) is 3.19. The van der Waals surface area contributed by atoms with Gasteiger partial charge in [-0.1, -0.05) is 0 Å². The molecule has 0 saturated carbocycles. The summed E-state index contributed by atoms with van der Waals surface area (Å²) in [6, 6.07) is 0.608. The molecule has 0 aliphatic heterocycles. The van der Waals surface area contributed by atoms with Crippen LogP contribution in [0.25, 0.3) is 0 Å². The number of aromatic hydroxyl groups is 1. The molecule has 0 amide bonds. The molecular formula is C7H4F3NO2. The van der Waals surface area contributed by atoms with E-state index in [1.54, 1.807) is 0 Å². The number of carbonyl (C=O) groups excluding carboxylic acids is 1. The maximum Gasteiger partial charge on any atom is 0.281 e. The lowest BCUT2D eigenvalue weighted by molar-refractivity contribution is 0.110. The number of carbonyl (C=O) groups is 1. The molecule has 0 aliphatic rings. The minimum Gasteiger partial charge on any atom is -0.504 e. The van der Waals surface area contributed by atoms with Crippen molar-refractivity contribution >= 4 is 6.29 Å². The van der Waals surface area contributed by atoms with Crippen LogP contribution in [0.5, 0.6) is 5.75 Å². The summed E-state index contributed by atoms with van der Waals surface area (Å²) in [5.41, 5.74) is -1.49. The normalized spacial score (nSPS) is 10.5. The zero-order chi connectivity index (χ0) is 10.0. The van der Waals surface area contributed by atoms with Crippen molar-refractivity contribution in [2.45, 2.75) is 6.43 Å². The average molecular weight is 191 g/mol. The van der Waals surface area contributed by atoms with E-state index >= 15 is 0 Å². The van der Waals surface area contributed by atoms with Crippen LogP contribution < -0.4 is 0 Å². The number of halogens is 3. The average Bonchev–Trinajstić information content (AvgIpc) is 2.08. The lowest BCUT2D eigenvalue weighted by atomic mass is 10.2. The lowest BCUT2D eigenvalue weighted by Crippen LogP contribution is -2.00. The number of pyridine rings is 1. The number of hydrogen-bond donors (Lipinski definition) is 1. The highest BCUT2D eigenvalue weighted by Crippen LogP contribution is 2.24. The minimum absolute atomic E-state index is 0.0770. The van der Waals surface area contributed by atoms with E-state index in [-0.39, 0.29) is 6.29 Å². The molecule has 0 radical (unpaired) electrons. The van der Waals surface area contributed by atoms with Crippen molar-refractivity contribution in [3.8, 4) is 5.75 Å². The summed E-state index contributed by atoms with van der Waals surface area (Å²) in [7, 11) is 0. The Balaban J connectivity index is 3.32. The van der Waals surface area contributed by atoms with Crippen LogP contribution in [0.4, 0.5) is 13.2 Å². The maximum absolute atomic E-state index is 12.4. The Kier molecular flexibility index (Phi) is 2.50. The molecule has 1 aromatic heterocycles. The number of aldehydes is 1. The predicted octanol–water partition coefficient (Wildman–Crippen LogP) is 1.68. The third-order valence-electron chi connectivity index (χ3n) is 1.35. The van der Waals surface area contributed by atoms with Gasteiger partial charge < -0.3 is 5.11 Å². The van der Waals surface area contributed by atoms with Gasteiger partial charge in [-0.25, -0.2) is 13.8 Å². The molecule has 1 aromatic rings. The van der Waals surface area contributed by atoms with Gasteiger partial charge in [0.05, 0.1) is 0 Å². The molecule has 13 heavy (non-hydrogen) atoms. The van der Waals surface area contributed by atoms with E-state index in [2.05, 4.69) is 4.98 Å². The van der Waals surface area contributed by atoms with E-state index in [9.17, 15) is 18.0 Å². The summed E-state index contributed by atoms with van der Waals surface area (Å²) >= 11 is 0. The molecule has 0 fully saturated rings. The van der Waals surface area contributed by atoms with Crippen molar-refractivity contribution < 1.29 is 23.1 Å². The molecule has 3 nitrogen and oxygen atoms in total. The largest absolute Gasteiger partial charge is 0.504 e. The van der Waals surface area contributed by atoms with Gasteiger partial charge in [0, 0.05) is 5.56 Å². The molecule has 0 saturated heterocycles. The van der Waals surface area contributed by atoms with E-state index in [0.717, 1.165) is 0 Å². The van der Waals surface area contributed by atoms with Gasteiger partial charge >= 0.3 is 0 Å². The molecule has 1 heterocycles. The Morgan fingerprint density at radius 2 is 2.15 bits per heavy atom. The fourth-order valence-corrected chi connectivity index (χ4v) is 0.778. The van der Waals surface area contributed by atoms with Gasteiger partial charge in [0.25, 0.3) is 12.4 Å². The quantitative estimate of drug-likeness (QED) is 0.571. The van der Waals surface area contributed by atoms with E-state index in [0.29, 0.717) is 6.07 Å². The Labute approximate surface area is 70.8 Å². The molecule has 70 valence electrons. The summed E-state index contributed by atoms with van der Waals surface area (Å²) in [5, 5.41) is 8.70. The van der Waals surface area contributed by atoms with Crippen LogP contribution in [0.1, 0.15) is 22.5 Å². The molecule has 0 aliphatic carbocycles. The summed E-state index contributed by atoms with van der Waals surface area (Å²) in [6.45, 7) is 0. The van der Waals surface area contributed by atoms with Gasteiger partial charge in [-0.15, -0.1) is 0 Å². The fourth-order valence-electron chi connectivity index (χ4n) is 0.778. The van der Waals surface area contributed by atoms with Gasteiger partial charge in [0.2, 0.25) is 0 Å². The first kappa shape index (κ1) is 9.50. The zero-order valence-corrected chi connectivity index (χ0v) is 6.17. The standard InChI is InChI=1S/C7H4F3NO2/c8-6(9)5-3(2-12)1-4(13)7(10)11-5/h1-2,6,13H. The van der Waals surface area contributed by atoms with Crippen molar-refractivity contribution in [1.29, 1.82) is 0 Å². The molecular weight excluding hydrogens is 187 g/mol. The second-order valence-corrected chi connectivity index (χ2v) is 2.19. The summed E-state index contributed by atoms with van der Waals surface area (Å²) in [4.78, 5) is 12.9. The molecule has 1 N–H and O–H groups in total. The highest BCUT2D eigenvalue weighted by molar-refractivity contribution is 5.77. The summed E-state index contributed by atoms with van der Waals surface area (Å²) in [6.07, 6.45) is -2.97. The number of aromatic nitrogens is 1. The number of alkyl halides is 2. The van der Waals surface area contributed by atoms with Crippen LogP contribution in [0, 0.1) is 5.95 Å². The van der Waals surface area contributed by atoms with Crippen molar-refractivity contribution in [1.82, 2.24) is 4.98 Å². The Bertz CT molecular complexity index is 341. The molecule has 0 spiro atoms. The van der Waals surface area contributed by atoms with Crippen LogP contribution >= 0.6 is 0 Å². The molecule has 6 heteroatoms. The van der Waals surface area contributed by atoms with E-state index < -0.39 is 29.4 Å². The number of rotatable bonds is 2. The monoisotopic (exact) mass is 191 g/mol. The molecule has 1 rings (SSSR count). The highest BCUT2D eigenvalue weighted by atomic mass is 19.3. The van der Waals surface area contributed by atoms with Crippen molar-refractivity contribution in [2.75, 3.05) is 0 Å². The van der Waals surface area contributed by atoms with Gasteiger partial charge in [-0.2, -0.15) is 4.39 Å². The third-order valence-corrected chi connectivity index (χ3v) is 1.35. The Hall–Kier alpha value is -1.59. The summed E-state index contributed by atoms with van der Waals surface area (Å²) in [5.74, 6) is -2.34. The van der Waals surface area contributed by atoms with Crippen LogP contribution in [-0.2, 0) is 0 Å². The second-order valence-electron chi connectivity index (χ2n) is 2.19. The molecule has 0 atom stereocenters. The van der Waals surface area contributed by atoms with Crippen LogP contribution in [0.15, 0.2) is 6.07 Å². The van der Waals surface area contributed by atoms with E-state index in [1.165, 1.54) is 0 Å². The first-order valence-corrected chi connectivity index (χ1v) is 3.19. The minimum atomic E-state index is -3.05. The molecule has 0 unspecified atom stereocenters. The topological polar surface area (TPSA) is 50.2 Å². The van der Waals surface area contributed by atoms with Gasteiger partial charge in [0.1, 0.15) is 5.69 Å². The Morgan fingerprint density at radius 3 is 2.62 bits per heavy atom. The maximum atomic E-state index is 12.4. The summed E-state index contributed by atoms with van der Waals surface area (Å²) < 4.78 is 36.6. The van der Waals surface area contributed by atoms with Crippen LogP contribution in [-0.4, -0.2) is 16.4 Å². The fraction of sp³-hybridized carbons (Fsp3) is 0.143. The highest BCUT2D eigenvalue weighted by Gasteiger charge is 2.18. The van der Waals surface area contributed by atoms with E-state index in [4.69, 9.17) is 5.11 Å². The van der Waals surface area contributed by atoms with Gasteiger partial charge in [-0.3, -0.25) is 4.79 Å². The third kappa shape index (κ3) is 1.77. The SMILES string of the molecule is O=Cc1cc(O)c(F)nc1C(F)F. The second kappa shape index (κ2) is 3.42. The van der Waals surface area contributed by atoms with Crippen molar-refractivity contribution in [3.05, 3.63) is 23.3 Å². The lowest BCUT2D eigenvalue weighted by Gasteiger charge is -2.03.